The molecule has 0 aliphatic rings. The van der Waals surface area contributed by atoms with Crippen LogP contribution < -0.4 is 0 Å². The highest BCUT2D eigenvalue weighted by atomic mass is 16.5. The molecule has 1 unspecified atom stereocenters. The second-order valence-electron chi connectivity index (χ2n) is 10.1. The third-order valence-corrected chi connectivity index (χ3v) is 5.79. The molecule has 2 aromatic rings. The highest BCUT2D eigenvalue weighted by molar-refractivity contribution is 5.72. The van der Waals surface area contributed by atoms with E-state index in [1.165, 1.54) is 35.1 Å². The van der Waals surface area contributed by atoms with E-state index in [1.54, 1.807) is 19.1 Å². The van der Waals surface area contributed by atoms with Gasteiger partial charge in [0.25, 0.3) is 6.47 Å². The average molecular weight is 511 g/mol. The lowest BCUT2D eigenvalue weighted by molar-refractivity contribution is -0.128. The largest absolute Gasteiger partial charge is 0.508 e. The molecule has 0 amide bonds. The zero-order chi connectivity index (χ0) is 28.4. The van der Waals surface area contributed by atoms with Gasteiger partial charge in [0.2, 0.25) is 0 Å². The zero-order valence-electron chi connectivity index (χ0n) is 24.4. The molecule has 0 saturated carbocycles. The summed E-state index contributed by atoms with van der Waals surface area (Å²) in [4.78, 5) is 10.5. The van der Waals surface area contributed by atoms with Crippen LogP contribution in [0.3, 0.4) is 0 Å². The maximum atomic E-state index is 10.5. The summed E-state index contributed by atoms with van der Waals surface area (Å²) in [5.74, 6) is 1.56. The number of aryl methyl sites for hydroxylation is 1. The molecule has 0 aromatic heterocycles. The topological polar surface area (TPSA) is 66.8 Å². The van der Waals surface area contributed by atoms with Gasteiger partial charge in [-0.1, -0.05) is 75.6 Å². The minimum Gasteiger partial charge on any atom is -0.508 e. The van der Waals surface area contributed by atoms with Crippen LogP contribution in [0.15, 0.2) is 54.1 Å². The van der Waals surface area contributed by atoms with E-state index in [0.717, 1.165) is 29.0 Å². The lowest BCUT2D eigenvalue weighted by Gasteiger charge is -2.17. The van der Waals surface area contributed by atoms with Crippen molar-refractivity contribution in [2.75, 3.05) is 13.2 Å². The Labute approximate surface area is 226 Å². The molecule has 37 heavy (non-hydrogen) atoms. The summed E-state index contributed by atoms with van der Waals surface area (Å²) in [5, 5.41) is 17.4. The lowest BCUT2D eigenvalue weighted by Crippen LogP contribution is -2.02. The number of benzene rings is 2. The van der Waals surface area contributed by atoms with E-state index < -0.39 is 0 Å². The maximum absolute atomic E-state index is 10.5. The number of hydrogen-bond acceptors (Lipinski definition) is 4. The Morgan fingerprint density at radius 3 is 2.19 bits per heavy atom. The van der Waals surface area contributed by atoms with Crippen molar-refractivity contribution in [2.24, 2.45) is 11.8 Å². The van der Waals surface area contributed by atoms with Crippen LogP contribution in [-0.2, 0) is 16.0 Å². The molecule has 0 radical (unpaired) electrons. The molecule has 4 heteroatoms. The number of aromatic hydroxyl groups is 1. The van der Waals surface area contributed by atoms with Crippen LogP contribution in [0.25, 0.3) is 17.2 Å². The van der Waals surface area contributed by atoms with Crippen molar-refractivity contribution in [3.63, 3.8) is 0 Å². The second-order valence-corrected chi connectivity index (χ2v) is 10.1. The van der Waals surface area contributed by atoms with E-state index in [0.29, 0.717) is 25.4 Å². The van der Waals surface area contributed by atoms with E-state index in [9.17, 15) is 9.90 Å². The molecule has 0 spiro atoms. The fourth-order valence-corrected chi connectivity index (χ4v) is 3.85. The number of ether oxygens (including phenoxy) is 1. The van der Waals surface area contributed by atoms with Gasteiger partial charge in [-0.3, -0.25) is 4.79 Å². The Kier molecular flexibility index (Phi) is 17.8. The van der Waals surface area contributed by atoms with Crippen LogP contribution in [0, 0.1) is 18.8 Å². The van der Waals surface area contributed by atoms with Gasteiger partial charge in [-0.25, -0.2) is 0 Å². The minimum atomic E-state index is 0.221. The summed E-state index contributed by atoms with van der Waals surface area (Å²) in [6.45, 7) is 21.5. The molecular weight excluding hydrogens is 460 g/mol. The molecular formula is C33H50O4. The van der Waals surface area contributed by atoms with Crippen LogP contribution in [0.1, 0.15) is 84.4 Å². The standard InChI is InChI=1S/C27H36O3.C4H8.C2H6O/c1-6-22(20(4)8-7-19(2)3)16-23-9-10-24(15-21(23)5)27-12-11-26(29)17-25(27)13-14-30-18-28;1-4(2)3;1-2-3/h9-12,15-20,29H,6-8,13-14H2,1-5H3;1H2,2-3H3;3H,2H2,1H3/b22-16+;;. The first-order chi connectivity index (χ1) is 17.5. The van der Waals surface area contributed by atoms with Crippen molar-refractivity contribution >= 4 is 12.5 Å². The molecule has 0 aliphatic heterocycles. The molecule has 0 saturated heterocycles. The zero-order valence-corrected chi connectivity index (χ0v) is 24.4. The highest BCUT2D eigenvalue weighted by Gasteiger charge is 2.11. The van der Waals surface area contributed by atoms with Crippen LogP contribution in [0.5, 0.6) is 5.75 Å². The fraction of sp³-hybridized carbons (Fsp3) is 0.485. The SMILES string of the molecule is C=C(C)C.CC/C(=C\c1ccc(-c2ccc(O)cc2CCOC=O)cc1C)C(C)CCC(C)C.CCO. The van der Waals surface area contributed by atoms with E-state index >= 15 is 0 Å². The van der Waals surface area contributed by atoms with Crippen molar-refractivity contribution in [3.05, 3.63) is 70.8 Å². The minimum absolute atomic E-state index is 0.221. The van der Waals surface area contributed by atoms with Gasteiger partial charge in [-0.2, -0.15) is 0 Å². The Bertz CT molecular complexity index is 968. The number of phenols is 1. The Morgan fingerprint density at radius 2 is 1.68 bits per heavy atom. The smallest absolute Gasteiger partial charge is 0.293 e. The summed E-state index contributed by atoms with van der Waals surface area (Å²) in [5.41, 5.74) is 8.30. The van der Waals surface area contributed by atoms with Crippen LogP contribution in [-0.4, -0.2) is 29.9 Å². The van der Waals surface area contributed by atoms with Crippen molar-refractivity contribution in [1.29, 1.82) is 0 Å². The normalized spacial score (nSPS) is 11.6. The van der Waals surface area contributed by atoms with Crippen molar-refractivity contribution in [2.45, 2.75) is 81.1 Å². The van der Waals surface area contributed by atoms with E-state index in [1.807, 2.05) is 19.9 Å². The molecule has 1 atom stereocenters. The number of phenolic OH excluding ortho intramolecular Hbond substituents is 1. The van der Waals surface area contributed by atoms with Crippen molar-refractivity contribution in [1.82, 2.24) is 0 Å². The molecule has 206 valence electrons. The molecule has 0 bridgehead atoms. The van der Waals surface area contributed by atoms with Gasteiger partial charge in [-0.05, 0) is 92.3 Å². The van der Waals surface area contributed by atoms with Gasteiger partial charge in [0.1, 0.15) is 5.75 Å². The number of aliphatic hydroxyl groups excluding tert-OH is 1. The van der Waals surface area contributed by atoms with Crippen molar-refractivity contribution < 1.29 is 19.7 Å². The predicted molar refractivity (Wildman–Crippen MR) is 159 cm³/mol. The molecule has 2 N–H and O–H groups in total. The van der Waals surface area contributed by atoms with Crippen LogP contribution in [0.2, 0.25) is 0 Å². The first kappa shape index (κ1) is 34.1. The number of aliphatic hydroxyl groups is 1. The van der Waals surface area contributed by atoms with E-state index in [4.69, 9.17) is 9.84 Å². The monoisotopic (exact) mass is 510 g/mol. The number of carbonyl (C=O) groups excluding carboxylic acids is 1. The number of carbonyl (C=O) groups is 1. The average Bonchev–Trinajstić information content (AvgIpc) is 2.82. The quantitative estimate of drug-likeness (QED) is 0.181. The summed E-state index contributed by atoms with van der Waals surface area (Å²) in [7, 11) is 0. The number of allylic oxidation sites excluding steroid dienone is 2. The summed E-state index contributed by atoms with van der Waals surface area (Å²) >= 11 is 0. The lowest BCUT2D eigenvalue weighted by atomic mass is 9.88. The molecule has 0 aliphatic carbocycles. The Morgan fingerprint density at radius 1 is 1.05 bits per heavy atom. The first-order valence-corrected chi connectivity index (χ1v) is 13.4. The number of hydrogen-bond donors (Lipinski definition) is 2. The summed E-state index contributed by atoms with van der Waals surface area (Å²) in [6.07, 6.45) is 6.48. The summed E-state index contributed by atoms with van der Waals surface area (Å²) in [6, 6.07) is 11.9. The van der Waals surface area contributed by atoms with Gasteiger partial charge in [0, 0.05) is 13.0 Å². The third-order valence-electron chi connectivity index (χ3n) is 5.79. The maximum Gasteiger partial charge on any atom is 0.293 e. The predicted octanol–water partition coefficient (Wildman–Crippen LogP) is 8.53. The number of rotatable bonds is 11. The molecule has 4 nitrogen and oxygen atoms in total. The molecule has 2 aromatic carbocycles. The highest BCUT2D eigenvalue weighted by Crippen LogP contribution is 2.31. The third kappa shape index (κ3) is 14.5. The Hall–Kier alpha value is -2.85. The van der Waals surface area contributed by atoms with E-state index in [2.05, 4.69) is 65.5 Å². The van der Waals surface area contributed by atoms with E-state index in [-0.39, 0.29) is 12.4 Å². The van der Waals surface area contributed by atoms with Gasteiger partial charge >= 0.3 is 0 Å². The Balaban J connectivity index is 0.00000165. The fourth-order valence-electron chi connectivity index (χ4n) is 3.85. The second kappa shape index (κ2) is 19.3. The van der Waals surface area contributed by atoms with Gasteiger partial charge in [0.05, 0.1) is 6.61 Å². The molecule has 0 fully saturated rings. The van der Waals surface area contributed by atoms with Crippen LogP contribution in [0.4, 0.5) is 0 Å². The summed E-state index contributed by atoms with van der Waals surface area (Å²) < 4.78 is 4.85. The molecule has 0 heterocycles. The molecule has 2 rings (SSSR count). The van der Waals surface area contributed by atoms with Gasteiger partial charge in [0.15, 0.2) is 0 Å². The van der Waals surface area contributed by atoms with Crippen molar-refractivity contribution in [3.8, 4) is 16.9 Å². The van der Waals surface area contributed by atoms with Gasteiger partial charge < -0.3 is 14.9 Å². The first-order valence-electron chi connectivity index (χ1n) is 13.4. The van der Waals surface area contributed by atoms with Crippen LogP contribution >= 0.6 is 0 Å². The van der Waals surface area contributed by atoms with Gasteiger partial charge in [-0.15, -0.1) is 6.58 Å².